The van der Waals surface area contributed by atoms with Crippen LogP contribution in [-0.2, 0) is 7.05 Å². The molecule has 1 N–H and O–H groups in total. The predicted octanol–water partition coefficient (Wildman–Crippen LogP) is 2.27. The number of fused-ring (bicyclic) bond motifs is 1. The summed E-state index contributed by atoms with van der Waals surface area (Å²) in [4.78, 5) is 16.7. The molecule has 5 heteroatoms. The molecular weight excluding hydrogens is 266 g/mol. The van der Waals surface area contributed by atoms with Gasteiger partial charge in [-0.05, 0) is 18.9 Å². The molecule has 1 saturated carbocycles. The van der Waals surface area contributed by atoms with Gasteiger partial charge in [-0.1, -0.05) is 42.6 Å². The molecule has 0 amide bonds. The van der Waals surface area contributed by atoms with E-state index in [0.29, 0.717) is 5.92 Å². The molecule has 1 aliphatic rings. The molecule has 0 saturated heterocycles. The maximum absolute atomic E-state index is 12.3. The average Bonchev–Trinajstić information content (AvgIpc) is 2.65. The highest BCUT2D eigenvalue weighted by atomic mass is 16.4. The number of hydrogen-bond donors (Lipinski definition) is 1. The van der Waals surface area contributed by atoms with Crippen molar-refractivity contribution in [3.05, 3.63) is 45.8 Å². The summed E-state index contributed by atoms with van der Waals surface area (Å²) in [6, 6.07) is 7.76. The quantitative estimate of drug-likeness (QED) is 0.645. The topological polar surface area (TPSA) is 67.5 Å². The van der Waals surface area contributed by atoms with Gasteiger partial charge >= 0.3 is 0 Å². The minimum Gasteiger partial charge on any atom is -0.409 e. The lowest BCUT2D eigenvalue weighted by Gasteiger charge is -2.21. The van der Waals surface area contributed by atoms with Crippen molar-refractivity contribution in [3.63, 3.8) is 0 Å². The van der Waals surface area contributed by atoms with Gasteiger partial charge in [0.05, 0.1) is 11.2 Å². The van der Waals surface area contributed by atoms with Gasteiger partial charge in [0.25, 0.3) is 11.0 Å². The van der Waals surface area contributed by atoms with Gasteiger partial charge in [0.15, 0.2) is 0 Å². The summed E-state index contributed by atoms with van der Waals surface area (Å²) in [5.74, 6) is 0.330. The standard InChI is InChI=1S/C16H19N3O2/c1-19-13-10-6-5-9-12(13)14(11-7-3-2-4-8-11)17-15(18-21)16(19)20/h5-6,9-11,21H,2-4,7-8H2,1H3/b18-15+. The average molecular weight is 285 g/mol. The number of benzene rings is 1. The first-order chi connectivity index (χ1) is 10.2. The van der Waals surface area contributed by atoms with Crippen LogP contribution in [0.4, 0.5) is 0 Å². The van der Waals surface area contributed by atoms with Gasteiger partial charge in [0, 0.05) is 18.4 Å². The molecule has 110 valence electrons. The summed E-state index contributed by atoms with van der Waals surface area (Å²) >= 11 is 0. The Morgan fingerprint density at radius 1 is 1.24 bits per heavy atom. The Bertz CT molecular complexity index is 789. The highest BCUT2D eigenvalue weighted by Gasteiger charge is 2.20. The van der Waals surface area contributed by atoms with Crippen molar-refractivity contribution in [2.75, 3.05) is 0 Å². The molecule has 0 atom stereocenters. The number of nitrogens with zero attached hydrogens (tertiary/aromatic N) is 3. The van der Waals surface area contributed by atoms with Gasteiger partial charge in [0.1, 0.15) is 0 Å². The van der Waals surface area contributed by atoms with Crippen LogP contribution in [0.25, 0.3) is 10.9 Å². The maximum Gasteiger partial charge on any atom is 0.299 e. The molecule has 5 nitrogen and oxygen atoms in total. The Hall–Kier alpha value is -2.17. The molecule has 1 aromatic heterocycles. The van der Waals surface area contributed by atoms with E-state index in [1.54, 1.807) is 7.05 Å². The third-order valence-electron chi connectivity index (χ3n) is 4.35. The van der Waals surface area contributed by atoms with Crippen LogP contribution in [-0.4, -0.2) is 14.8 Å². The van der Waals surface area contributed by atoms with Crippen LogP contribution in [0.2, 0.25) is 0 Å². The van der Waals surface area contributed by atoms with Crippen molar-refractivity contribution in [2.45, 2.75) is 38.0 Å². The van der Waals surface area contributed by atoms with E-state index in [2.05, 4.69) is 10.1 Å². The summed E-state index contributed by atoms with van der Waals surface area (Å²) in [6.07, 6.45) is 5.77. The van der Waals surface area contributed by atoms with Crippen LogP contribution in [0.1, 0.15) is 43.7 Å². The maximum atomic E-state index is 12.3. The third kappa shape index (κ3) is 2.44. The summed E-state index contributed by atoms with van der Waals surface area (Å²) < 4.78 is 1.50. The monoisotopic (exact) mass is 285 g/mol. The third-order valence-corrected chi connectivity index (χ3v) is 4.35. The zero-order valence-electron chi connectivity index (χ0n) is 12.1. The first-order valence-corrected chi connectivity index (χ1v) is 7.40. The van der Waals surface area contributed by atoms with Crippen molar-refractivity contribution < 1.29 is 5.21 Å². The second kappa shape index (κ2) is 5.68. The number of rotatable bonds is 1. The van der Waals surface area contributed by atoms with Gasteiger partial charge in [-0.3, -0.25) is 4.79 Å². The highest BCUT2D eigenvalue weighted by molar-refractivity contribution is 5.81. The number of aryl methyl sites for hydroxylation is 1. The van der Waals surface area contributed by atoms with Crippen molar-refractivity contribution in [1.82, 2.24) is 9.55 Å². The van der Waals surface area contributed by atoms with Crippen molar-refractivity contribution >= 4 is 10.9 Å². The van der Waals surface area contributed by atoms with E-state index in [4.69, 9.17) is 5.21 Å². The minimum absolute atomic E-state index is 0.130. The molecule has 0 bridgehead atoms. The van der Waals surface area contributed by atoms with E-state index >= 15 is 0 Å². The summed E-state index contributed by atoms with van der Waals surface area (Å²) in [5, 5.41) is 13.2. The van der Waals surface area contributed by atoms with E-state index in [0.717, 1.165) is 29.4 Å². The van der Waals surface area contributed by atoms with Crippen LogP contribution in [0.5, 0.6) is 0 Å². The fourth-order valence-electron chi connectivity index (χ4n) is 3.22. The van der Waals surface area contributed by atoms with Gasteiger partial charge in [-0.2, -0.15) is 0 Å². The SMILES string of the molecule is Cn1c(=O)/c(=N\O)nc(C2CCCCC2)c2ccccc21. The molecule has 0 aliphatic heterocycles. The van der Waals surface area contributed by atoms with E-state index in [-0.39, 0.29) is 11.0 Å². The van der Waals surface area contributed by atoms with Crippen LogP contribution >= 0.6 is 0 Å². The van der Waals surface area contributed by atoms with Crippen molar-refractivity contribution in [2.24, 2.45) is 12.2 Å². The second-order valence-electron chi connectivity index (χ2n) is 5.64. The predicted molar refractivity (Wildman–Crippen MR) is 80.2 cm³/mol. The Morgan fingerprint density at radius 2 is 1.95 bits per heavy atom. The Balaban J connectivity index is 2.40. The lowest BCUT2D eigenvalue weighted by molar-refractivity contribution is 0.296. The number of hydrogen-bond acceptors (Lipinski definition) is 4. The minimum atomic E-state index is -0.379. The molecule has 1 fully saturated rings. The van der Waals surface area contributed by atoms with E-state index < -0.39 is 0 Å². The molecule has 2 aromatic rings. The van der Waals surface area contributed by atoms with E-state index in [9.17, 15) is 4.79 Å². The largest absolute Gasteiger partial charge is 0.409 e. The Morgan fingerprint density at radius 3 is 2.67 bits per heavy atom. The zero-order valence-corrected chi connectivity index (χ0v) is 12.1. The lowest BCUT2D eigenvalue weighted by Crippen LogP contribution is -2.33. The fraction of sp³-hybridized carbons (Fsp3) is 0.438. The van der Waals surface area contributed by atoms with Gasteiger partial charge in [-0.15, -0.1) is 0 Å². The Labute approximate surface area is 122 Å². The molecule has 1 aromatic carbocycles. The first kappa shape index (κ1) is 13.8. The van der Waals surface area contributed by atoms with Gasteiger partial charge < -0.3 is 9.77 Å². The fourth-order valence-corrected chi connectivity index (χ4v) is 3.22. The normalized spacial score (nSPS) is 17.3. The molecule has 1 heterocycles. The smallest absolute Gasteiger partial charge is 0.299 e. The summed E-state index contributed by atoms with van der Waals surface area (Å²) in [6.45, 7) is 0. The van der Waals surface area contributed by atoms with Crippen LogP contribution in [0.15, 0.2) is 34.2 Å². The Kier molecular flexibility index (Phi) is 3.73. The van der Waals surface area contributed by atoms with E-state index in [1.165, 1.54) is 23.8 Å². The number of aromatic nitrogens is 2. The van der Waals surface area contributed by atoms with Crippen LogP contribution in [0.3, 0.4) is 0 Å². The lowest BCUT2D eigenvalue weighted by atomic mass is 9.85. The first-order valence-electron chi connectivity index (χ1n) is 7.40. The van der Waals surface area contributed by atoms with Gasteiger partial charge in [0.2, 0.25) is 0 Å². The molecule has 1 aliphatic carbocycles. The summed E-state index contributed by atoms with van der Waals surface area (Å²) in [5.41, 5.74) is 1.20. The van der Waals surface area contributed by atoms with Crippen molar-refractivity contribution in [3.8, 4) is 0 Å². The highest BCUT2D eigenvalue weighted by Crippen LogP contribution is 2.33. The molecular formula is C16H19N3O2. The molecule has 0 unspecified atom stereocenters. The number of para-hydroxylation sites is 1. The van der Waals surface area contributed by atoms with E-state index in [1.807, 2.05) is 24.3 Å². The van der Waals surface area contributed by atoms with Crippen LogP contribution in [0, 0.1) is 0 Å². The van der Waals surface area contributed by atoms with Gasteiger partial charge in [-0.25, -0.2) is 4.98 Å². The second-order valence-corrected chi connectivity index (χ2v) is 5.64. The molecule has 0 radical (unpaired) electrons. The molecule has 0 spiro atoms. The molecule has 3 rings (SSSR count). The van der Waals surface area contributed by atoms with Crippen LogP contribution < -0.4 is 11.0 Å². The molecule has 21 heavy (non-hydrogen) atoms. The summed E-state index contributed by atoms with van der Waals surface area (Å²) in [7, 11) is 1.69. The zero-order chi connectivity index (χ0) is 14.8. The van der Waals surface area contributed by atoms with Crippen molar-refractivity contribution in [1.29, 1.82) is 0 Å².